The molecule has 2 amide bonds. The van der Waals surface area contributed by atoms with Crippen molar-refractivity contribution >= 4 is 51.4 Å². The van der Waals surface area contributed by atoms with Crippen LogP contribution in [0.5, 0.6) is 11.5 Å². The summed E-state index contributed by atoms with van der Waals surface area (Å²) in [6.45, 7) is 2.63. The maximum Gasteiger partial charge on any atom is 0.293 e. The molecular weight excluding hydrogens is 434 g/mol. The van der Waals surface area contributed by atoms with E-state index in [1.807, 2.05) is 25.1 Å². The van der Waals surface area contributed by atoms with Gasteiger partial charge >= 0.3 is 0 Å². The van der Waals surface area contributed by atoms with E-state index in [0.717, 1.165) is 27.6 Å². The zero-order valence-corrected chi connectivity index (χ0v) is 18.6. The minimum absolute atomic E-state index is 0.303. The van der Waals surface area contributed by atoms with Crippen LogP contribution >= 0.6 is 23.4 Å². The number of amides is 2. The quantitative estimate of drug-likeness (QED) is 0.420. The third kappa shape index (κ3) is 4.55. The predicted octanol–water partition coefficient (Wildman–Crippen LogP) is 6.14. The van der Waals surface area contributed by atoms with Crippen molar-refractivity contribution in [2.24, 2.45) is 0 Å². The number of nitrogens with zero attached hydrogens (tertiary/aromatic N) is 1. The number of halogens is 1. The molecule has 0 atom stereocenters. The second-order valence-electron chi connectivity index (χ2n) is 6.97. The first-order valence-corrected chi connectivity index (χ1v) is 10.9. The summed E-state index contributed by atoms with van der Waals surface area (Å²) in [5.41, 5.74) is 1.67. The van der Waals surface area contributed by atoms with E-state index >= 15 is 0 Å². The SMILES string of the molecule is CCOc1cc(/C=C2\SC(=O)N(C)C2=O)cc(Cl)c1OCc1ccc2ccccc2c1. The summed E-state index contributed by atoms with van der Waals surface area (Å²) < 4.78 is 11.8. The average Bonchev–Trinajstić information content (AvgIpc) is 2.99. The number of benzene rings is 3. The molecule has 0 N–H and O–H groups in total. The average molecular weight is 454 g/mol. The lowest BCUT2D eigenvalue weighted by Crippen LogP contribution is -2.22. The second kappa shape index (κ2) is 9.04. The number of hydrogen-bond donors (Lipinski definition) is 0. The van der Waals surface area contributed by atoms with E-state index in [0.29, 0.717) is 40.2 Å². The topological polar surface area (TPSA) is 55.8 Å². The molecule has 3 aromatic rings. The Bertz CT molecular complexity index is 1210. The molecule has 0 bridgehead atoms. The maximum absolute atomic E-state index is 12.2. The fourth-order valence-electron chi connectivity index (χ4n) is 3.26. The predicted molar refractivity (Wildman–Crippen MR) is 125 cm³/mol. The van der Waals surface area contributed by atoms with Crippen LogP contribution in [0, 0.1) is 0 Å². The molecule has 0 saturated carbocycles. The van der Waals surface area contributed by atoms with Gasteiger partial charge in [-0.25, -0.2) is 0 Å². The molecule has 1 aliphatic heterocycles. The van der Waals surface area contributed by atoms with Crippen LogP contribution in [0.25, 0.3) is 16.8 Å². The Morgan fingerprint density at radius 1 is 1.03 bits per heavy atom. The summed E-state index contributed by atoms with van der Waals surface area (Å²) >= 11 is 7.41. The lowest BCUT2D eigenvalue weighted by atomic mass is 10.1. The normalized spacial score (nSPS) is 15.2. The summed E-state index contributed by atoms with van der Waals surface area (Å²) in [6.07, 6.45) is 1.63. The maximum atomic E-state index is 12.2. The molecule has 1 saturated heterocycles. The van der Waals surface area contributed by atoms with Gasteiger partial charge in [-0.15, -0.1) is 0 Å². The van der Waals surface area contributed by atoms with Crippen LogP contribution in [-0.2, 0) is 11.4 Å². The Hall–Kier alpha value is -2.96. The molecule has 4 rings (SSSR count). The van der Waals surface area contributed by atoms with Crippen molar-refractivity contribution in [3.8, 4) is 11.5 Å². The van der Waals surface area contributed by atoms with E-state index < -0.39 is 0 Å². The van der Waals surface area contributed by atoms with E-state index in [4.69, 9.17) is 21.1 Å². The van der Waals surface area contributed by atoms with Crippen molar-refractivity contribution in [1.29, 1.82) is 0 Å². The molecule has 1 aliphatic rings. The molecule has 1 heterocycles. The number of carbonyl (C=O) groups excluding carboxylic acids is 2. The van der Waals surface area contributed by atoms with E-state index in [1.54, 1.807) is 18.2 Å². The first-order chi connectivity index (χ1) is 15.0. The molecule has 1 fully saturated rings. The Labute approximate surface area is 189 Å². The number of rotatable bonds is 6. The van der Waals surface area contributed by atoms with Crippen LogP contribution in [0.3, 0.4) is 0 Å². The number of carbonyl (C=O) groups is 2. The van der Waals surface area contributed by atoms with Crippen molar-refractivity contribution in [2.75, 3.05) is 13.7 Å². The zero-order chi connectivity index (χ0) is 22.0. The molecule has 7 heteroatoms. The smallest absolute Gasteiger partial charge is 0.293 e. The number of hydrogen-bond acceptors (Lipinski definition) is 5. The lowest BCUT2D eigenvalue weighted by molar-refractivity contribution is -0.121. The van der Waals surface area contributed by atoms with Crippen LogP contribution in [0.2, 0.25) is 5.02 Å². The molecule has 31 heavy (non-hydrogen) atoms. The van der Waals surface area contributed by atoms with Crippen molar-refractivity contribution in [1.82, 2.24) is 4.90 Å². The highest BCUT2D eigenvalue weighted by Gasteiger charge is 2.31. The molecule has 158 valence electrons. The van der Waals surface area contributed by atoms with Gasteiger partial charge in [0.15, 0.2) is 11.5 Å². The Balaban J connectivity index is 1.60. The third-order valence-electron chi connectivity index (χ3n) is 4.81. The summed E-state index contributed by atoms with van der Waals surface area (Å²) in [4.78, 5) is 25.3. The van der Waals surface area contributed by atoms with Crippen LogP contribution in [-0.4, -0.2) is 29.7 Å². The summed E-state index contributed by atoms with van der Waals surface area (Å²) in [5.74, 6) is 0.593. The zero-order valence-electron chi connectivity index (χ0n) is 17.1. The molecule has 0 aliphatic carbocycles. The molecule has 0 spiro atoms. The fraction of sp³-hybridized carbons (Fsp3) is 0.167. The Morgan fingerprint density at radius 2 is 1.81 bits per heavy atom. The van der Waals surface area contributed by atoms with E-state index in [2.05, 4.69) is 24.3 Å². The standard InChI is InChI=1S/C24H20ClNO4S/c1-3-29-20-12-16(13-21-23(27)26(2)24(28)31-21)11-19(25)22(20)30-14-15-8-9-17-6-4-5-7-18(17)10-15/h4-13H,3,14H2,1-2H3/b21-13-. The molecular formula is C24H20ClNO4S. The van der Waals surface area contributed by atoms with Gasteiger partial charge in [-0.3, -0.25) is 14.5 Å². The van der Waals surface area contributed by atoms with E-state index in [9.17, 15) is 9.59 Å². The third-order valence-corrected chi connectivity index (χ3v) is 6.05. The van der Waals surface area contributed by atoms with Gasteiger partial charge in [0, 0.05) is 7.05 Å². The van der Waals surface area contributed by atoms with Gasteiger partial charge in [0.05, 0.1) is 16.5 Å². The monoisotopic (exact) mass is 453 g/mol. The van der Waals surface area contributed by atoms with E-state index in [1.165, 1.54) is 12.4 Å². The van der Waals surface area contributed by atoms with Crippen LogP contribution in [0.15, 0.2) is 59.5 Å². The van der Waals surface area contributed by atoms with Gasteiger partial charge in [-0.2, -0.15) is 0 Å². The van der Waals surface area contributed by atoms with Crippen LogP contribution in [0.4, 0.5) is 4.79 Å². The molecule has 3 aromatic carbocycles. The number of imide groups is 1. The van der Waals surface area contributed by atoms with Gasteiger partial charge < -0.3 is 9.47 Å². The van der Waals surface area contributed by atoms with Crippen molar-refractivity contribution in [2.45, 2.75) is 13.5 Å². The number of likely N-dealkylation sites (N-methyl/N-ethyl adjacent to an activating group) is 1. The molecule has 5 nitrogen and oxygen atoms in total. The summed E-state index contributed by atoms with van der Waals surface area (Å²) in [6, 6.07) is 17.8. The second-order valence-corrected chi connectivity index (χ2v) is 8.37. The van der Waals surface area contributed by atoms with Gasteiger partial charge in [0.25, 0.3) is 11.1 Å². The minimum Gasteiger partial charge on any atom is -0.490 e. The highest BCUT2D eigenvalue weighted by molar-refractivity contribution is 8.18. The van der Waals surface area contributed by atoms with Crippen molar-refractivity contribution < 1.29 is 19.1 Å². The Morgan fingerprint density at radius 3 is 2.52 bits per heavy atom. The molecule has 0 unspecified atom stereocenters. The molecule has 0 radical (unpaired) electrons. The number of fused-ring (bicyclic) bond motifs is 1. The lowest BCUT2D eigenvalue weighted by Gasteiger charge is -2.15. The number of thioether (sulfide) groups is 1. The molecule has 0 aromatic heterocycles. The van der Waals surface area contributed by atoms with Gasteiger partial charge in [0.2, 0.25) is 0 Å². The summed E-state index contributed by atoms with van der Waals surface area (Å²) in [5, 5.41) is 2.37. The fourth-order valence-corrected chi connectivity index (χ4v) is 4.36. The first kappa shape index (κ1) is 21.3. The van der Waals surface area contributed by atoms with E-state index in [-0.39, 0.29) is 11.1 Å². The number of ether oxygens (including phenoxy) is 2. The Kier molecular flexibility index (Phi) is 6.20. The largest absolute Gasteiger partial charge is 0.490 e. The summed E-state index contributed by atoms with van der Waals surface area (Å²) in [7, 11) is 1.46. The van der Waals surface area contributed by atoms with Crippen molar-refractivity contribution in [3.05, 3.63) is 75.7 Å². The first-order valence-electron chi connectivity index (χ1n) is 9.74. The highest BCUT2D eigenvalue weighted by Crippen LogP contribution is 2.39. The van der Waals surface area contributed by atoms with Gasteiger partial charge in [-0.1, -0.05) is 48.0 Å². The minimum atomic E-state index is -0.333. The van der Waals surface area contributed by atoms with Crippen LogP contribution in [0.1, 0.15) is 18.1 Å². The van der Waals surface area contributed by atoms with Crippen LogP contribution < -0.4 is 9.47 Å². The van der Waals surface area contributed by atoms with Crippen molar-refractivity contribution in [3.63, 3.8) is 0 Å². The van der Waals surface area contributed by atoms with Gasteiger partial charge in [-0.05, 0) is 64.9 Å². The highest BCUT2D eigenvalue weighted by atomic mass is 35.5. The van der Waals surface area contributed by atoms with Gasteiger partial charge in [0.1, 0.15) is 6.61 Å².